The van der Waals surface area contributed by atoms with Gasteiger partial charge in [-0.3, -0.25) is 4.79 Å². The predicted molar refractivity (Wildman–Crippen MR) is 116 cm³/mol. The summed E-state index contributed by atoms with van der Waals surface area (Å²) < 4.78 is 22.2. The minimum atomic E-state index is -1.60. The molecule has 0 atom stereocenters. The molecule has 32 heavy (non-hydrogen) atoms. The maximum absolute atomic E-state index is 14.6. The first-order chi connectivity index (χ1) is 15.2. The van der Waals surface area contributed by atoms with Gasteiger partial charge in [-0.2, -0.15) is 10.1 Å². The fourth-order valence-electron chi connectivity index (χ4n) is 4.50. The number of amides is 1. The molecule has 9 nitrogen and oxygen atoms in total. The second-order valence-electron chi connectivity index (χ2n) is 9.13. The number of anilines is 1. The van der Waals surface area contributed by atoms with Crippen LogP contribution in [0.5, 0.6) is 5.88 Å². The van der Waals surface area contributed by atoms with Gasteiger partial charge < -0.3 is 20.5 Å². The van der Waals surface area contributed by atoms with Crippen LogP contribution >= 0.6 is 0 Å². The minimum Gasteiger partial charge on any atom is -0.471 e. The summed E-state index contributed by atoms with van der Waals surface area (Å²) in [5.74, 6) is 0.432. The van der Waals surface area contributed by atoms with E-state index in [-0.39, 0.29) is 18.4 Å². The van der Waals surface area contributed by atoms with E-state index in [1.165, 1.54) is 4.52 Å². The lowest BCUT2D eigenvalue weighted by atomic mass is 9.93. The summed E-state index contributed by atoms with van der Waals surface area (Å²) in [7, 11) is 0. The number of pyridine rings is 1. The molecule has 5 heterocycles. The van der Waals surface area contributed by atoms with Gasteiger partial charge in [-0.15, -0.1) is 0 Å². The number of nitrogens with two attached hydrogens (primary N) is 1. The van der Waals surface area contributed by atoms with E-state index in [1.807, 2.05) is 24.8 Å². The van der Waals surface area contributed by atoms with E-state index in [4.69, 9.17) is 15.5 Å². The smallest absolute Gasteiger partial charge is 0.254 e. The number of hydrogen-bond acceptors (Lipinski definition) is 7. The Morgan fingerprint density at radius 2 is 2.09 bits per heavy atom. The van der Waals surface area contributed by atoms with Crippen LogP contribution in [0.25, 0.3) is 16.9 Å². The number of aliphatic hydroxyl groups excluding tert-OH is 1. The molecular weight excluding hydrogens is 415 g/mol. The third kappa shape index (κ3) is 3.35. The number of aliphatic hydroxyl groups is 1. The highest BCUT2D eigenvalue weighted by Gasteiger charge is 2.38. The van der Waals surface area contributed by atoms with Gasteiger partial charge in [0, 0.05) is 55.9 Å². The highest BCUT2D eigenvalue weighted by Crippen LogP contribution is 2.42. The number of halogens is 1. The van der Waals surface area contributed by atoms with Gasteiger partial charge in [-0.05, 0) is 26.0 Å². The van der Waals surface area contributed by atoms with Crippen molar-refractivity contribution >= 4 is 17.4 Å². The molecule has 0 unspecified atom stereocenters. The normalized spacial score (nSPS) is 19.1. The highest BCUT2D eigenvalue weighted by atomic mass is 19.1. The lowest BCUT2D eigenvalue weighted by Gasteiger charge is -2.36. The molecule has 3 aromatic heterocycles. The number of aromatic nitrogens is 4. The molecule has 0 saturated carbocycles. The quantitative estimate of drug-likeness (QED) is 0.636. The molecule has 1 saturated heterocycles. The fourth-order valence-corrected chi connectivity index (χ4v) is 4.50. The first kappa shape index (κ1) is 20.6. The van der Waals surface area contributed by atoms with Crippen LogP contribution in [-0.4, -0.2) is 61.6 Å². The largest absolute Gasteiger partial charge is 0.471 e. The number of ether oxygens (including phenoxy) is 1. The summed E-state index contributed by atoms with van der Waals surface area (Å²) in [4.78, 5) is 23.4. The van der Waals surface area contributed by atoms with Crippen molar-refractivity contribution in [3.8, 4) is 17.1 Å². The predicted octanol–water partition coefficient (Wildman–Crippen LogP) is 1.90. The van der Waals surface area contributed by atoms with E-state index in [0.29, 0.717) is 48.1 Å². The molecule has 168 valence electrons. The average Bonchev–Trinajstić information content (AvgIpc) is 3.29. The van der Waals surface area contributed by atoms with Crippen LogP contribution in [0.4, 0.5) is 10.2 Å². The third-order valence-corrected chi connectivity index (χ3v) is 6.17. The monoisotopic (exact) mass is 440 g/mol. The van der Waals surface area contributed by atoms with E-state index < -0.39 is 23.8 Å². The number of alkyl halides is 1. The molecule has 1 amide bonds. The highest BCUT2D eigenvalue weighted by molar-refractivity contribution is 6.05. The average molecular weight is 440 g/mol. The van der Waals surface area contributed by atoms with Crippen molar-refractivity contribution in [2.24, 2.45) is 5.73 Å². The summed E-state index contributed by atoms with van der Waals surface area (Å²) in [5.41, 5.74) is 6.20. The Hall–Kier alpha value is -3.27. The Balaban J connectivity index is 1.68. The molecule has 3 N–H and O–H groups in total. The zero-order valence-corrected chi connectivity index (χ0v) is 18.0. The van der Waals surface area contributed by atoms with Gasteiger partial charge in [0.25, 0.3) is 5.91 Å². The minimum absolute atomic E-state index is 0.170. The Kier molecular flexibility index (Phi) is 4.59. The molecule has 0 radical (unpaired) electrons. The van der Waals surface area contributed by atoms with Crippen molar-refractivity contribution < 1.29 is 19.0 Å². The fraction of sp³-hybridized carbons (Fsp3) is 0.455. The third-order valence-electron chi connectivity index (χ3n) is 6.17. The van der Waals surface area contributed by atoms with Gasteiger partial charge in [-0.1, -0.05) is 0 Å². The molecule has 5 rings (SSSR count). The zero-order valence-electron chi connectivity index (χ0n) is 18.0. The SMILES string of the molecule is CC1(C)Cc2cc(-c3nn4cccnc4c3C(N)=O)c(N3CCC(F)(CO)CC3)nc2O1. The Labute approximate surface area is 184 Å². The summed E-state index contributed by atoms with van der Waals surface area (Å²) in [6.45, 7) is 4.18. The van der Waals surface area contributed by atoms with Gasteiger partial charge in [-0.25, -0.2) is 13.9 Å². The van der Waals surface area contributed by atoms with Crippen LogP contribution < -0.4 is 15.4 Å². The number of hydrogen-bond donors (Lipinski definition) is 2. The van der Waals surface area contributed by atoms with E-state index >= 15 is 0 Å². The van der Waals surface area contributed by atoms with Crippen molar-refractivity contribution in [2.75, 3.05) is 24.6 Å². The second kappa shape index (κ2) is 7.13. The number of nitrogens with zero attached hydrogens (tertiary/aromatic N) is 5. The van der Waals surface area contributed by atoms with E-state index in [1.54, 1.807) is 18.5 Å². The number of piperidine rings is 1. The van der Waals surface area contributed by atoms with Gasteiger partial charge in [0.1, 0.15) is 28.3 Å². The van der Waals surface area contributed by atoms with Crippen LogP contribution in [0, 0.1) is 0 Å². The zero-order chi connectivity index (χ0) is 22.7. The molecule has 1 fully saturated rings. The Morgan fingerprint density at radius 1 is 1.34 bits per heavy atom. The van der Waals surface area contributed by atoms with Crippen LogP contribution in [0.15, 0.2) is 24.5 Å². The summed E-state index contributed by atoms with van der Waals surface area (Å²) in [5, 5.41) is 14.0. The summed E-state index contributed by atoms with van der Waals surface area (Å²) in [6, 6.07) is 3.65. The van der Waals surface area contributed by atoms with Crippen molar-refractivity contribution in [3.05, 3.63) is 35.7 Å². The van der Waals surface area contributed by atoms with Crippen molar-refractivity contribution in [1.82, 2.24) is 19.6 Å². The van der Waals surface area contributed by atoms with Crippen LogP contribution in [-0.2, 0) is 6.42 Å². The number of carbonyl (C=O) groups excluding carboxylic acids is 1. The molecular formula is C22H25FN6O3. The summed E-state index contributed by atoms with van der Waals surface area (Å²) in [6.07, 6.45) is 4.27. The lowest BCUT2D eigenvalue weighted by molar-refractivity contribution is 0.0480. The molecule has 3 aromatic rings. The van der Waals surface area contributed by atoms with E-state index in [0.717, 1.165) is 5.56 Å². The van der Waals surface area contributed by atoms with Crippen LogP contribution in [0.2, 0.25) is 0 Å². The van der Waals surface area contributed by atoms with Gasteiger partial charge in [0.2, 0.25) is 5.88 Å². The Morgan fingerprint density at radius 3 is 2.78 bits per heavy atom. The Bertz CT molecular complexity index is 1220. The van der Waals surface area contributed by atoms with E-state index in [2.05, 4.69) is 10.1 Å². The number of carbonyl (C=O) groups is 1. The molecule has 2 aliphatic rings. The lowest BCUT2D eigenvalue weighted by Crippen LogP contribution is -2.44. The molecule has 10 heteroatoms. The number of primary amides is 1. The van der Waals surface area contributed by atoms with Crippen molar-refractivity contribution in [2.45, 2.75) is 44.4 Å². The molecule has 0 spiro atoms. The van der Waals surface area contributed by atoms with Gasteiger partial charge >= 0.3 is 0 Å². The molecule has 2 aliphatic heterocycles. The van der Waals surface area contributed by atoms with Crippen molar-refractivity contribution in [3.63, 3.8) is 0 Å². The maximum Gasteiger partial charge on any atom is 0.254 e. The van der Waals surface area contributed by atoms with Crippen LogP contribution in [0.1, 0.15) is 42.6 Å². The molecule has 0 aliphatic carbocycles. The van der Waals surface area contributed by atoms with Crippen molar-refractivity contribution in [1.29, 1.82) is 0 Å². The second-order valence-corrected chi connectivity index (χ2v) is 9.13. The first-order valence-corrected chi connectivity index (χ1v) is 10.6. The van der Waals surface area contributed by atoms with Gasteiger partial charge in [0.05, 0.1) is 6.61 Å². The summed E-state index contributed by atoms with van der Waals surface area (Å²) >= 11 is 0. The molecule has 0 aromatic carbocycles. The van der Waals surface area contributed by atoms with Gasteiger partial charge in [0.15, 0.2) is 5.65 Å². The van der Waals surface area contributed by atoms with Crippen LogP contribution in [0.3, 0.4) is 0 Å². The molecule has 0 bridgehead atoms. The van der Waals surface area contributed by atoms with E-state index in [9.17, 15) is 14.3 Å². The maximum atomic E-state index is 14.6. The standard InChI is InChI=1S/C22H25FN6O3/c1-21(2)11-13-10-14(16-15(17(24)31)19-25-6-3-7-29(19)27-16)18(26-20(13)32-21)28-8-4-22(23,12-30)5-9-28/h3,6-7,10,30H,4-5,8-9,11-12H2,1-2H3,(H2,24,31). The number of fused-ring (bicyclic) bond motifs is 2. The topological polar surface area (TPSA) is 119 Å². The first-order valence-electron chi connectivity index (χ1n) is 10.6. The number of rotatable bonds is 4.